The highest BCUT2D eigenvalue weighted by atomic mass is 16.4. The van der Waals surface area contributed by atoms with Crippen molar-refractivity contribution in [2.45, 2.75) is 56.3 Å². The first-order chi connectivity index (χ1) is 10.0. The van der Waals surface area contributed by atoms with Crippen molar-refractivity contribution in [2.24, 2.45) is 0 Å². The largest absolute Gasteiger partial charge is 0.480 e. The third-order valence-electron chi connectivity index (χ3n) is 4.97. The number of urea groups is 1. The van der Waals surface area contributed by atoms with Gasteiger partial charge in [0.2, 0.25) is 0 Å². The molecule has 3 aliphatic rings. The van der Waals surface area contributed by atoms with E-state index in [1.165, 1.54) is 17.7 Å². The Labute approximate surface area is 123 Å². The van der Waals surface area contributed by atoms with E-state index in [0.717, 1.165) is 25.9 Å². The van der Waals surface area contributed by atoms with Crippen molar-refractivity contribution in [2.75, 3.05) is 19.6 Å². The zero-order valence-electron chi connectivity index (χ0n) is 12.1. The molecule has 2 unspecified atom stereocenters. The molecule has 0 radical (unpaired) electrons. The van der Waals surface area contributed by atoms with Crippen LogP contribution in [0.2, 0.25) is 0 Å². The van der Waals surface area contributed by atoms with E-state index < -0.39 is 18.1 Å². The molecule has 3 heterocycles. The number of nitrogens with zero attached hydrogens (tertiary/aromatic N) is 2. The lowest BCUT2D eigenvalue weighted by Gasteiger charge is -2.36. The third-order valence-corrected chi connectivity index (χ3v) is 4.97. The Kier molecular flexibility index (Phi) is 4.03. The van der Waals surface area contributed by atoms with Crippen molar-refractivity contribution in [1.29, 1.82) is 0 Å². The van der Waals surface area contributed by atoms with Crippen molar-refractivity contribution >= 4 is 12.0 Å². The SMILES string of the molecule is O=C(O)[C@@H]1C[C@H](O)CN1C(=O)NC1CCN2CCCC2C1. The first-order valence-electron chi connectivity index (χ1n) is 7.76. The monoisotopic (exact) mass is 297 g/mol. The normalized spacial score (nSPS) is 36.5. The Bertz CT molecular complexity index is 430. The molecule has 3 saturated heterocycles. The van der Waals surface area contributed by atoms with Crippen LogP contribution in [0, 0.1) is 0 Å². The summed E-state index contributed by atoms with van der Waals surface area (Å²) in [6, 6.07) is -0.588. The zero-order valence-corrected chi connectivity index (χ0v) is 12.1. The van der Waals surface area contributed by atoms with Crippen LogP contribution in [0.5, 0.6) is 0 Å². The van der Waals surface area contributed by atoms with E-state index in [4.69, 9.17) is 5.11 Å². The van der Waals surface area contributed by atoms with Crippen LogP contribution in [0.1, 0.15) is 32.1 Å². The Hall–Kier alpha value is -1.34. The number of aliphatic hydroxyl groups excluding tert-OH is 1. The lowest BCUT2D eigenvalue weighted by Crippen LogP contribution is -2.53. The van der Waals surface area contributed by atoms with Gasteiger partial charge in [-0.2, -0.15) is 0 Å². The first-order valence-corrected chi connectivity index (χ1v) is 7.76. The fraction of sp³-hybridized carbons (Fsp3) is 0.857. The van der Waals surface area contributed by atoms with Crippen LogP contribution in [-0.2, 0) is 4.79 Å². The first kappa shape index (κ1) is 14.6. The number of aliphatic hydroxyl groups is 1. The number of β-amino-alcohol motifs (C(OH)–C–C–N with tert-alkyl or cyclic N) is 1. The summed E-state index contributed by atoms with van der Waals surface area (Å²) in [6.07, 6.45) is 3.64. The van der Waals surface area contributed by atoms with Gasteiger partial charge >= 0.3 is 12.0 Å². The fourth-order valence-electron chi connectivity index (χ4n) is 3.89. The summed E-state index contributed by atoms with van der Waals surface area (Å²) >= 11 is 0. The maximum Gasteiger partial charge on any atom is 0.326 e. The van der Waals surface area contributed by atoms with Crippen molar-refractivity contribution in [3.8, 4) is 0 Å². The number of aliphatic carboxylic acids is 1. The van der Waals surface area contributed by atoms with Gasteiger partial charge < -0.3 is 25.3 Å². The number of amides is 2. The predicted octanol–water partition coefficient (Wildman–Crippen LogP) is -0.157. The van der Waals surface area contributed by atoms with Gasteiger partial charge in [-0.1, -0.05) is 0 Å². The summed E-state index contributed by atoms with van der Waals surface area (Å²) in [5.41, 5.74) is 0. The fourth-order valence-corrected chi connectivity index (χ4v) is 3.89. The van der Waals surface area contributed by atoms with Crippen LogP contribution in [0.3, 0.4) is 0 Å². The summed E-state index contributed by atoms with van der Waals surface area (Å²) in [4.78, 5) is 27.2. The van der Waals surface area contributed by atoms with Gasteiger partial charge in [0.15, 0.2) is 0 Å². The molecular weight excluding hydrogens is 274 g/mol. The molecule has 3 fully saturated rings. The molecule has 0 aromatic heterocycles. The Morgan fingerprint density at radius 2 is 1.95 bits per heavy atom. The van der Waals surface area contributed by atoms with Gasteiger partial charge in [0.05, 0.1) is 6.10 Å². The lowest BCUT2D eigenvalue weighted by molar-refractivity contribution is -0.141. The minimum absolute atomic E-state index is 0.102. The van der Waals surface area contributed by atoms with Gasteiger partial charge in [-0.05, 0) is 32.2 Å². The van der Waals surface area contributed by atoms with Gasteiger partial charge in [0.1, 0.15) is 6.04 Å². The summed E-state index contributed by atoms with van der Waals surface area (Å²) < 4.78 is 0. The predicted molar refractivity (Wildman–Crippen MR) is 74.9 cm³/mol. The van der Waals surface area contributed by atoms with Crippen LogP contribution >= 0.6 is 0 Å². The number of fused-ring (bicyclic) bond motifs is 1. The number of carboxylic acid groups (broad SMARTS) is 1. The van der Waals surface area contributed by atoms with E-state index in [9.17, 15) is 14.7 Å². The molecule has 0 bridgehead atoms. The van der Waals surface area contributed by atoms with E-state index in [2.05, 4.69) is 10.2 Å². The molecule has 21 heavy (non-hydrogen) atoms. The number of carbonyl (C=O) groups excluding carboxylic acids is 1. The molecule has 2 amide bonds. The molecule has 7 nitrogen and oxygen atoms in total. The van der Waals surface area contributed by atoms with Crippen LogP contribution < -0.4 is 5.32 Å². The molecule has 7 heteroatoms. The topological polar surface area (TPSA) is 93.1 Å². The number of nitrogens with one attached hydrogen (secondary N) is 1. The quantitative estimate of drug-likeness (QED) is 0.659. The van der Waals surface area contributed by atoms with Crippen molar-refractivity contribution in [3.05, 3.63) is 0 Å². The average molecular weight is 297 g/mol. The molecule has 0 aromatic rings. The van der Waals surface area contributed by atoms with Gasteiger partial charge in [0, 0.05) is 31.6 Å². The zero-order chi connectivity index (χ0) is 15.0. The second-order valence-electron chi connectivity index (χ2n) is 6.40. The van der Waals surface area contributed by atoms with E-state index in [0.29, 0.717) is 6.04 Å². The van der Waals surface area contributed by atoms with Crippen LogP contribution in [0.4, 0.5) is 4.79 Å². The van der Waals surface area contributed by atoms with E-state index >= 15 is 0 Å². The molecule has 4 atom stereocenters. The maximum absolute atomic E-state index is 12.3. The highest BCUT2D eigenvalue weighted by molar-refractivity contribution is 5.83. The molecule has 3 rings (SSSR count). The van der Waals surface area contributed by atoms with Gasteiger partial charge in [-0.25, -0.2) is 9.59 Å². The lowest BCUT2D eigenvalue weighted by atomic mass is 9.98. The summed E-state index contributed by atoms with van der Waals surface area (Å²) in [5, 5.41) is 21.7. The summed E-state index contributed by atoms with van der Waals surface area (Å²) in [7, 11) is 0. The summed E-state index contributed by atoms with van der Waals surface area (Å²) in [5.74, 6) is -1.05. The molecule has 0 spiro atoms. The maximum atomic E-state index is 12.3. The van der Waals surface area contributed by atoms with Crippen molar-refractivity contribution in [1.82, 2.24) is 15.1 Å². The van der Waals surface area contributed by atoms with Crippen molar-refractivity contribution in [3.63, 3.8) is 0 Å². The molecular formula is C14H23N3O4. The van der Waals surface area contributed by atoms with Crippen LogP contribution in [0.25, 0.3) is 0 Å². The molecule has 3 aliphatic heterocycles. The van der Waals surface area contributed by atoms with Crippen LogP contribution in [0.15, 0.2) is 0 Å². The van der Waals surface area contributed by atoms with E-state index in [1.807, 2.05) is 0 Å². The second-order valence-corrected chi connectivity index (χ2v) is 6.40. The van der Waals surface area contributed by atoms with Gasteiger partial charge in [-0.3, -0.25) is 0 Å². The number of rotatable bonds is 2. The van der Waals surface area contributed by atoms with Gasteiger partial charge in [0.25, 0.3) is 0 Å². The standard InChI is InChI=1S/C14H23N3O4/c18-11-7-12(13(19)20)17(8-11)14(21)15-9-3-5-16-4-1-2-10(16)6-9/h9-12,18H,1-8H2,(H,15,21)(H,19,20)/t9?,10?,11-,12-/m0/s1. The number of piperidine rings is 1. The minimum atomic E-state index is -1.05. The minimum Gasteiger partial charge on any atom is -0.480 e. The number of carboxylic acids is 1. The number of likely N-dealkylation sites (tertiary alicyclic amines) is 1. The van der Waals surface area contributed by atoms with Crippen molar-refractivity contribution < 1.29 is 19.8 Å². The van der Waals surface area contributed by atoms with E-state index in [-0.39, 0.29) is 25.0 Å². The molecule has 0 saturated carbocycles. The Morgan fingerprint density at radius 3 is 2.71 bits per heavy atom. The molecule has 3 N–H and O–H groups in total. The average Bonchev–Trinajstić information content (AvgIpc) is 3.04. The van der Waals surface area contributed by atoms with Gasteiger partial charge in [-0.15, -0.1) is 0 Å². The highest BCUT2D eigenvalue weighted by Crippen LogP contribution is 2.27. The summed E-state index contributed by atoms with van der Waals surface area (Å²) in [6.45, 7) is 2.26. The molecule has 0 aromatic carbocycles. The Balaban J connectivity index is 1.57. The highest BCUT2D eigenvalue weighted by Gasteiger charge is 2.40. The third kappa shape index (κ3) is 2.98. The molecule has 118 valence electrons. The smallest absolute Gasteiger partial charge is 0.326 e. The number of hydrogen-bond acceptors (Lipinski definition) is 4. The van der Waals surface area contributed by atoms with Crippen LogP contribution in [-0.4, -0.2) is 75.9 Å². The second kappa shape index (κ2) is 5.81. The van der Waals surface area contributed by atoms with E-state index in [1.54, 1.807) is 0 Å². The number of hydrogen-bond donors (Lipinski definition) is 3. The molecule has 0 aliphatic carbocycles. The Morgan fingerprint density at radius 1 is 1.14 bits per heavy atom. The number of carbonyl (C=O) groups is 2.